The number of carbonyl (C=O) groups is 1. The van der Waals surface area contributed by atoms with Crippen LogP contribution in [0.4, 0.5) is 17.6 Å². The molecule has 1 heterocycles. The summed E-state index contributed by atoms with van der Waals surface area (Å²) in [5.74, 6) is -3.40. The monoisotopic (exact) mass is 469 g/mol. The predicted octanol–water partition coefficient (Wildman–Crippen LogP) is 5.30. The number of carbonyl (C=O) groups excluding carboxylic acids is 1. The van der Waals surface area contributed by atoms with Crippen LogP contribution in [0.25, 0.3) is 0 Å². The van der Waals surface area contributed by atoms with Crippen molar-refractivity contribution in [3.8, 4) is 5.75 Å². The zero-order valence-corrected chi connectivity index (χ0v) is 18.9. The molecule has 180 valence electrons. The van der Waals surface area contributed by atoms with E-state index in [4.69, 9.17) is 14.2 Å². The van der Waals surface area contributed by atoms with Crippen molar-refractivity contribution >= 4 is 5.91 Å². The Morgan fingerprint density at radius 3 is 2.27 bits per heavy atom. The molecule has 0 spiro atoms. The quantitative estimate of drug-likeness (QED) is 0.560. The summed E-state index contributed by atoms with van der Waals surface area (Å²) in [5.41, 5.74) is -0.240. The first-order chi connectivity index (χ1) is 15.4. The number of alkyl halides is 3. The lowest BCUT2D eigenvalue weighted by Crippen LogP contribution is -2.50. The Kier molecular flexibility index (Phi) is 7.04. The SMILES string of the molecule is COc1ccc([C@H](C)NC(=O)c2cc(F)ccc2C(C)(C)CC2(C(F)(F)F)OCCO2)cc1. The minimum absolute atomic E-state index is 0.0457. The van der Waals surface area contributed by atoms with Crippen LogP contribution in [0.15, 0.2) is 42.5 Å². The van der Waals surface area contributed by atoms with Crippen molar-refractivity contribution < 1.29 is 36.6 Å². The minimum atomic E-state index is -4.77. The molecular formula is C24H27F4NO4. The Balaban J connectivity index is 1.89. The highest BCUT2D eigenvalue weighted by Gasteiger charge is 2.62. The molecular weight excluding hydrogens is 442 g/mol. The second-order valence-electron chi connectivity index (χ2n) is 8.67. The summed E-state index contributed by atoms with van der Waals surface area (Å²) in [5, 5.41) is 2.79. The number of methoxy groups -OCH3 is 1. The van der Waals surface area contributed by atoms with Crippen LogP contribution in [-0.4, -0.2) is 38.2 Å². The number of nitrogens with one attached hydrogen (secondary N) is 1. The first-order valence-corrected chi connectivity index (χ1v) is 10.5. The van der Waals surface area contributed by atoms with Gasteiger partial charge in [-0.3, -0.25) is 4.79 Å². The number of halogens is 4. The number of rotatable bonds is 7. The van der Waals surface area contributed by atoms with E-state index in [9.17, 15) is 22.4 Å². The summed E-state index contributed by atoms with van der Waals surface area (Å²) in [6, 6.07) is 10.1. The molecule has 1 amide bonds. The van der Waals surface area contributed by atoms with Gasteiger partial charge >= 0.3 is 6.18 Å². The highest BCUT2D eigenvalue weighted by atomic mass is 19.4. The van der Waals surface area contributed by atoms with Crippen molar-refractivity contribution in [1.29, 1.82) is 0 Å². The fourth-order valence-corrected chi connectivity index (χ4v) is 4.04. The summed E-state index contributed by atoms with van der Waals surface area (Å²) < 4.78 is 70.6. The van der Waals surface area contributed by atoms with Crippen molar-refractivity contribution in [2.24, 2.45) is 0 Å². The zero-order chi connectivity index (χ0) is 24.4. The van der Waals surface area contributed by atoms with Crippen molar-refractivity contribution in [1.82, 2.24) is 5.32 Å². The molecule has 1 N–H and O–H groups in total. The summed E-state index contributed by atoms with van der Waals surface area (Å²) in [7, 11) is 1.54. The van der Waals surface area contributed by atoms with Crippen LogP contribution >= 0.6 is 0 Å². The largest absolute Gasteiger partial charge is 0.497 e. The van der Waals surface area contributed by atoms with Gasteiger partial charge in [-0.2, -0.15) is 13.2 Å². The molecule has 0 bridgehead atoms. The van der Waals surface area contributed by atoms with Gasteiger partial charge in [0.05, 0.1) is 26.4 Å². The maximum atomic E-state index is 14.1. The van der Waals surface area contributed by atoms with E-state index in [2.05, 4.69) is 5.32 Å². The van der Waals surface area contributed by atoms with Gasteiger partial charge in [0.25, 0.3) is 11.7 Å². The lowest BCUT2D eigenvalue weighted by atomic mass is 9.76. The third-order valence-electron chi connectivity index (χ3n) is 5.78. The van der Waals surface area contributed by atoms with E-state index in [1.54, 1.807) is 45.0 Å². The van der Waals surface area contributed by atoms with Gasteiger partial charge in [-0.05, 0) is 47.7 Å². The molecule has 2 aromatic rings. The lowest BCUT2D eigenvalue weighted by Gasteiger charge is -2.37. The lowest BCUT2D eigenvalue weighted by molar-refractivity contribution is -0.349. The predicted molar refractivity (Wildman–Crippen MR) is 114 cm³/mol. The van der Waals surface area contributed by atoms with E-state index < -0.39 is 41.6 Å². The Bertz CT molecular complexity index is 983. The van der Waals surface area contributed by atoms with Crippen molar-refractivity contribution in [3.63, 3.8) is 0 Å². The maximum Gasteiger partial charge on any atom is 0.443 e. The Labute approximate surface area is 190 Å². The van der Waals surface area contributed by atoms with Crippen molar-refractivity contribution in [2.45, 2.75) is 50.6 Å². The van der Waals surface area contributed by atoms with Crippen LogP contribution in [0, 0.1) is 5.82 Å². The smallest absolute Gasteiger partial charge is 0.443 e. The van der Waals surface area contributed by atoms with Gasteiger partial charge in [0, 0.05) is 12.0 Å². The van der Waals surface area contributed by atoms with Crippen LogP contribution in [-0.2, 0) is 14.9 Å². The molecule has 0 radical (unpaired) electrons. The maximum absolute atomic E-state index is 14.1. The highest BCUT2D eigenvalue weighted by molar-refractivity contribution is 5.96. The molecule has 1 fully saturated rings. The second kappa shape index (κ2) is 9.30. The molecule has 3 rings (SSSR count). The van der Waals surface area contributed by atoms with E-state index in [0.29, 0.717) is 5.75 Å². The summed E-state index contributed by atoms with van der Waals surface area (Å²) in [6.07, 6.45) is -5.37. The summed E-state index contributed by atoms with van der Waals surface area (Å²) in [6.45, 7) is 4.46. The number of benzene rings is 2. The van der Waals surface area contributed by atoms with Gasteiger partial charge < -0.3 is 19.5 Å². The van der Waals surface area contributed by atoms with Gasteiger partial charge in [-0.25, -0.2) is 4.39 Å². The molecule has 0 saturated carbocycles. The molecule has 2 aromatic carbocycles. The molecule has 1 saturated heterocycles. The molecule has 0 unspecified atom stereocenters. The molecule has 1 atom stereocenters. The average molecular weight is 469 g/mol. The normalized spacial score (nSPS) is 17.0. The number of ether oxygens (including phenoxy) is 3. The van der Waals surface area contributed by atoms with Gasteiger partial charge in [-0.1, -0.05) is 32.0 Å². The zero-order valence-electron chi connectivity index (χ0n) is 18.9. The molecule has 1 aliphatic heterocycles. The van der Waals surface area contributed by atoms with Crippen molar-refractivity contribution in [3.05, 3.63) is 65.0 Å². The first kappa shape index (κ1) is 25.0. The number of hydrogen-bond donors (Lipinski definition) is 1. The molecule has 1 aliphatic rings. The van der Waals surface area contributed by atoms with Crippen LogP contribution in [0.5, 0.6) is 5.75 Å². The number of hydrogen-bond acceptors (Lipinski definition) is 4. The summed E-state index contributed by atoms with van der Waals surface area (Å²) >= 11 is 0. The topological polar surface area (TPSA) is 56.8 Å². The van der Waals surface area contributed by atoms with E-state index in [1.165, 1.54) is 13.2 Å². The third-order valence-corrected chi connectivity index (χ3v) is 5.78. The van der Waals surface area contributed by atoms with Gasteiger partial charge in [0.15, 0.2) is 0 Å². The minimum Gasteiger partial charge on any atom is -0.497 e. The van der Waals surface area contributed by atoms with E-state index >= 15 is 0 Å². The van der Waals surface area contributed by atoms with Gasteiger partial charge in [0.1, 0.15) is 11.6 Å². The van der Waals surface area contributed by atoms with Gasteiger partial charge in [0.2, 0.25) is 0 Å². The highest BCUT2D eigenvalue weighted by Crippen LogP contribution is 2.46. The number of amides is 1. The second-order valence-corrected chi connectivity index (χ2v) is 8.67. The first-order valence-electron chi connectivity index (χ1n) is 10.5. The third kappa shape index (κ3) is 5.30. The van der Waals surface area contributed by atoms with E-state index in [1.807, 2.05) is 0 Å². The molecule has 33 heavy (non-hydrogen) atoms. The fourth-order valence-electron chi connectivity index (χ4n) is 4.04. The Hall–Kier alpha value is -2.65. The summed E-state index contributed by atoms with van der Waals surface area (Å²) in [4.78, 5) is 13.1. The standard InChI is InChI=1S/C24H27F4NO4/c1-15(16-5-8-18(31-4)9-6-16)29-21(30)19-13-17(25)7-10-20(19)22(2,3)14-23(24(26,27)28)32-11-12-33-23/h5-10,13,15H,11-12,14H2,1-4H3,(H,29,30)/t15-/m0/s1. The van der Waals surface area contributed by atoms with Crippen LogP contribution < -0.4 is 10.1 Å². The van der Waals surface area contributed by atoms with Gasteiger partial charge in [-0.15, -0.1) is 0 Å². The molecule has 0 aromatic heterocycles. The average Bonchev–Trinajstić information content (AvgIpc) is 3.22. The molecule has 5 nitrogen and oxygen atoms in total. The van der Waals surface area contributed by atoms with E-state index in [-0.39, 0.29) is 24.3 Å². The van der Waals surface area contributed by atoms with Crippen LogP contribution in [0.1, 0.15) is 54.7 Å². The van der Waals surface area contributed by atoms with E-state index in [0.717, 1.165) is 17.7 Å². The Morgan fingerprint density at radius 1 is 1.12 bits per heavy atom. The van der Waals surface area contributed by atoms with Crippen LogP contribution in [0.2, 0.25) is 0 Å². The van der Waals surface area contributed by atoms with Crippen molar-refractivity contribution in [2.75, 3.05) is 20.3 Å². The molecule has 0 aliphatic carbocycles. The fraction of sp³-hybridized carbons (Fsp3) is 0.458. The Morgan fingerprint density at radius 2 is 1.73 bits per heavy atom. The molecule has 9 heteroatoms. The van der Waals surface area contributed by atoms with Crippen LogP contribution in [0.3, 0.4) is 0 Å².